The molecule has 5 N–H and O–H groups in total. The van der Waals surface area contributed by atoms with Crippen LogP contribution in [0.3, 0.4) is 0 Å². The third kappa shape index (κ3) is 10.2. The molecule has 0 saturated heterocycles. The van der Waals surface area contributed by atoms with Crippen molar-refractivity contribution in [2.45, 2.75) is 46.3 Å². The monoisotopic (exact) mass is 588 g/mol. The second-order valence-electron chi connectivity index (χ2n) is 10.9. The van der Waals surface area contributed by atoms with Crippen molar-refractivity contribution >= 4 is 23.5 Å². The number of carbonyl (C=O) groups excluding carboxylic acids is 2. The Labute approximate surface area is 250 Å². The molecular weight excluding hydrogens is 551 g/mol. The number of H-pyrrole nitrogens is 1. The zero-order chi connectivity index (χ0) is 30.8. The fraction of sp³-hybridized carbons (Fsp3) is 0.281. The van der Waals surface area contributed by atoms with Gasteiger partial charge in [-0.1, -0.05) is 6.07 Å². The molecule has 0 aliphatic heterocycles. The average molecular weight is 589 g/mol. The second-order valence-corrected chi connectivity index (χ2v) is 10.9. The Hall–Kier alpha value is -4.90. The number of aryl methyl sites for hydroxylation is 1. The molecule has 2 aromatic heterocycles. The van der Waals surface area contributed by atoms with E-state index >= 15 is 0 Å². The van der Waals surface area contributed by atoms with Gasteiger partial charge in [-0.25, -0.2) is 14.0 Å². The fourth-order valence-corrected chi connectivity index (χ4v) is 4.02. The van der Waals surface area contributed by atoms with Crippen LogP contribution in [0.1, 0.15) is 38.3 Å². The number of nitrogens with zero attached hydrogens (tertiary/aromatic N) is 1. The average Bonchev–Trinajstić information content (AvgIpc) is 3.42. The van der Waals surface area contributed by atoms with Gasteiger partial charge in [0.1, 0.15) is 22.9 Å². The van der Waals surface area contributed by atoms with Crippen LogP contribution < -0.4 is 26.0 Å². The van der Waals surface area contributed by atoms with Crippen LogP contribution >= 0.6 is 0 Å². The molecule has 4 aromatic rings. The molecule has 11 heteroatoms. The summed E-state index contributed by atoms with van der Waals surface area (Å²) in [6, 6.07) is 16.4. The molecule has 0 atom stereocenters. The first-order chi connectivity index (χ1) is 20.5. The van der Waals surface area contributed by atoms with Gasteiger partial charge in [0.05, 0.1) is 17.1 Å². The van der Waals surface area contributed by atoms with Gasteiger partial charge in [0, 0.05) is 37.2 Å². The minimum atomic E-state index is -0.548. The molecule has 0 saturated carbocycles. The van der Waals surface area contributed by atoms with Crippen LogP contribution in [0.4, 0.5) is 25.4 Å². The van der Waals surface area contributed by atoms with Crippen LogP contribution in [0.2, 0.25) is 0 Å². The molecule has 2 aromatic carbocycles. The summed E-state index contributed by atoms with van der Waals surface area (Å²) in [5.74, 6) is 0.672. The number of alkyl carbamates (subject to hydrolysis) is 1. The van der Waals surface area contributed by atoms with Crippen LogP contribution in [0.15, 0.2) is 73.1 Å². The smallest absolute Gasteiger partial charge is 0.407 e. The topological polar surface area (TPSA) is 129 Å². The number of pyridine rings is 1. The number of aromatic nitrogens is 2. The lowest BCUT2D eigenvalue weighted by Crippen LogP contribution is -2.33. The number of anilines is 2. The van der Waals surface area contributed by atoms with Crippen LogP contribution in [0.5, 0.6) is 11.5 Å². The van der Waals surface area contributed by atoms with Crippen molar-refractivity contribution in [2.24, 2.45) is 0 Å². The Morgan fingerprint density at radius 1 is 0.953 bits per heavy atom. The highest BCUT2D eigenvalue weighted by atomic mass is 19.1. The van der Waals surface area contributed by atoms with E-state index in [0.717, 1.165) is 35.5 Å². The van der Waals surface area contributed by atoms with Gasteiger partial charge in [0.2, 0.25) is 0 Å². The Bertz CT molecular complexity index is 1530. The molecule has 226 valence electrons. The van der Waals surface area contributed by atoms with E-state index in [1.54, 1.807) is 48.7 Å². The summed E-state index contributed by atoms with van der Waals surface area (Å²) in [5.41, 5.74) is 3.62. The van der Waals surface area contributed by atoms with Crippen molar-refractivity contribution < 1.29 is 23.5 Å². The molecule has 43 heavy (non-hydrogen) atoms. The Morgan fingerprint density at radius 3 is 2.51 bits per heavy atom. The third-order valence-electron chi connectivity index (χ3n) is 6.00. The number of carbonyl (C=O) groups is 2. The van der Waals surface area contributed by atoms with E-state index < -0.39 is 23.5 Å². The molecule has 0 radical (unpaired) electrons. The van der Waals surface area contributed by atoms with E-state index in [4.69, 9.17) is 9.47 Å². The Kier molecular flexibility index (Phi) is 10.3. The first-order valence-electron chi connectivity index (χ1n) is 14.0. The summed E-state index contributed by atoms with van der Waals surface area (Å²) in [4.78, 5) is 31.7. The van der Waals surface area contributed by atoms with E-state index in [1.807, 2.05) is 46.0 Å². The number of hydrogen-bond donors (Lipinski definition) is 5. The number of ether oxygens (including phenoxy) is 2. The van der Waals surface area contributed by atoms with Gasteiger partial charge in [0.15, 0.2) is 0 Å². The van der Waals surface area contributed by atoms with Crippen molar-refractivity contribution in [3.8, 4) is 22.9 Å². The minimum Gasteiger partial charge on any atom is -0.457 e. The number of aromatic amines is 1. The molecule has 4 rings (SSSR count). The van der Waals surface area contributed by atoms with Gasteiger partial charge >= 0.3 is 12.1 Å². The number of halogens is 1. The molecule has 0 aliphatic rings. The molecule has 0 fully saturated rings. The number of amides is 3. The van der Waals surface area contributed by atoms with E-state index in [2.05, 4.69) is 31.2 Å². The molecule has 3 amide bonds. The molecule has 2 heterocycles. The van der Waals surface area contributed by atoms with Crippen LogP contribution in [-0.2, 0) is 11.3 Å². The van der Waals surface area contributed by atoms with Crippen molar-refractivity contribution in [1.82, 2.24) is 20.6 Å². The first-order valence-corrected chi connectivity index (χ1v) is 14.0. The number of rotatable bonds is 11. The summed E-state index contributed by atoms with van der Waals surface area (Å²) in [5, 5.41) is 11.3. The Morgan fingerprint density at radius 2 is 1.74 bits per heavy atom. The lowest BCUT2D eigenvalue weighted by molar-refractivity contribution is 0.0527. The molecule has 0 bridgehead atoms. The fourth-order valence-electron chi connectivity index (χ4n) is 4.02. The Balaban J connectivity index is 1.23. The highest BCUT2D eigenvalue weighted by Gasteiger charge is 2.15. The van der Waals surface area contributed by atoms with Crippen LogP contribution in [0, 0.1) is 12.7 Å². The second kappa shape index (κ2) is 14.3. The lowest BCUT2D eigenvalue weighted by Gasteiger charge is -2.19. The number of urea groups is 1. The predicted octanol–water partition coefficient (Wildman–Crippen LogP) is 6.96. The molecule has 0 spiro atoms. The maximum atomic E-state index is 13.9. The summed E-state index contributed by atoms with van der Waals surface area (Å²) in [7, 11) is 0. The quantitative estimate of drug-likeness (QED) is 0.120. The normalized spacial score (nSPS) is 11.1. The van der Waals surface area contributed by atoms with E-state index in [1.165, 1.54) is 6.07 Å². The summed E-state index contributed by atoms with van der Waals surface area (Å²) in [6.45, 7) is 9.25. The van der Waals surface area contributed by atoms with Crippen LogP contribution in [0.25, 0.3) is 11.4 Å². The highest BCUT2D eigenvalue weighted by Crippen LogP contribution is 2.27. The van der Waals surface area contributed by atoms with Gasteiger partial charge in [-0.05, 0) is 100 Å². The van der Waals surface area contributed by atoms with E-state index in [9.17, 15) is 14.0 Å². The third-order valence-corrected chi connectivity index (χ3v) is 6.00. The van der Waals surface area contributed by atoms with Gasteiger partial charge in [-0.3, -0.25) is 4.98 Å². The SMILES string of the molecule is Cc1ccc(F)c(NC(=O)Nc2ccc(Oc3ccnc(-c4cc(CNCCCNC(=O)OC(C)(C)C)c[nH]4)c3)cc2)c1. The number of nitrogens with one attached hydrogen (secondary N) is 5. The first kappa shape index (κ1) is 31.0. The van der Waals surface area contributed by atoms with Crippen molar-refractivity contribution in [3.63, 3.8) is 0 Å². The maximum Gasteiger partial charge on any atom is 0.407 e. The number of benzene rings is 2. The van der Waals surface area contributed by atoms with Crippen LogP contribution in [-0.4, -0.2) is 40.8 Å². The van der Waals surface area contributed by atoms with E-state index in [0.29, 0.717) is 30.3 Å². The molecule has 0 aliphatic carbocycles. The molecule has 0 unspecified atom stereocenters. The van der Waals surface area contributed by atoms with Gasteiger partial charge < -0.3 is 35.7 Å². The van der Waals surface area contributed by atoms with E-state index in [-0.39, 0.29) is 5.69 Å². The standard InChI is InChI=1S/C32H37FN6O4/c1-21-6-11-26(33)27(16-21)39-30(40)38-23-7-9-24(10-8-23)42-25-12-15-35-29(18-25)28-17-22(20-37-28)19-34-13-5-14-36-31(41)43-32(2,3)4/h6-12,15-18,20,34,37H,5,13-14,19H2,1-4H3,(H,36,41)(H2,38,39,40). The summed E-state index contributed by atoms with van der Waals surface area (Å²) >= 11 is 0. The largest absolute Gasteiger partial charge is 0.457 e. The zero-order valence-corrected chi connectivity index (χ0v) is 24.7. The minimum absolute atomic E-state index is 0.112. The predicted molar refractivity (Wildman–Crippen MR) is 165 cm³/mol. The maximum absolute atomic E-state index is 13.9. The van der Waals surface area contributed by atoms with Crippen molar-refractivity contribution in [3.05, 3.63) is 90.0 Å². The summed E-state index contributed by atoms with van der Waals surface area (Å²) in [6.07, 6.45) is 3.96. The summed E-state index contributed by atoms with van der Waals surface area (Å²) < 4.78 is 25.1. The van der Waals surface area contributed by atoms with Gasteiger partial charge in [-0.2, -0.15) is 0 Å². The highest BCUT2D eigenvalue weighted by molar-refractivity contribution is 5.99. The van der Waals surface area contributed by atoms with Gasteiger partial charge in [0.25, 0.3) is 0 Å². The zero-order valence-electron chi connectivity index (χ0n) is 24.7. The number of hydrogen-bond acceptors (Lipinski definition) is 6. The molecular formula is C32H37FN6O4. The van der Waals surface area contributed by atoms with Crippen molar-refractivity contribution in [1.29, 1.82) is 0 Å². The molecule has 10 nitrogen and oxygen atoms in total. The van der Waals surface area contributed by atoms with Gasteiger partial charge in [-0.15, -0.1) is 0 Å². The van der Waals surface area contributed by atoms with Crippen molar-refractivity contribution in [2.75, 3.05) is 23.7 Å². The lowest BCUT2D eigenvalue weighted by atomic mass is 10.2.